The van der Waals surface area contributed by atoms with Crippen LogP contribution in [0, 0.1) is 0 Å². The molecule has 1 fully saturated rings. The number of rotatable bonds is 7. The number of amides is 1. The molecule has 1 atom stereocenters. The molecule has 1 unspecified atom stereocenters. The number of nitrogens with zero attached hydrogens (tertiary/aromatic N) is 3. The predicted molar refractivity (Wildman–Crippen MR) is 119 cm³/mol. The molecule has 1 aromatic rings. The van der Waals surface area contributed by atoms with E-state index in [1.807, 2.05) is 53.7 Å². The number of aromatic nitrogens is 2. The fraction of sp³-hybridized carbons (Fsp3) is 0.591. The molecule has 7 nitrogen and oxygen atoms in total. The molecule has 0 N–H and O–H groups in total. The van der Waals surface area contributed by atoms with E-state index in [2.05, 4.69) is 23.7 Å². The molecule has 1 aliphatic rings. The Kier molecular flexibility index (Phi) is 7.82. The Hall–Kier alpha value is -2.19. The van der Waals surface area contributed by atoms with Gasteiger partial charge in [0, 0.05) is 0 Å². The molecule has 1 aliphatic heterocycles. The second-order valence-corrected chi connectivity index (χ2v) is 9.50. The third-order valence-corrected chi connectivity index (χ3v) is 5.51. The summed E-state index contributed by atoms with van der Waals surface area (Å²) in [6.45, 7) is 17.7. The first-order valence-corrected chi connectivity index (χ1v) is 10.9. The molecule has 0 aromatic carbocycles. The summed E-state index contributed by atoms with van der Waals surface area (Å²) >= 11 is 1.47. The largest absolute Gasteiger partial charge is 0.494 e. The summed E-state index contributed by atoms with van der Waals surface area (Å²) in [5.41, 5.74) is -0.338. The third kappa shape index (κ3) is 6.15. The lowest BCUT2D eigenvalue weighted by atomic mass is 10.2. The fourth-order valence-electron chi connectivity index (χ4n) is 2.94. The second-order valence-electron chi connectivity index (χ2n) is 8.49. The topological polar surface area (TPSA) is 73.8 Å². The minimum Gasteiger partial charge on any atom is -0.494 e. The van der Waals surface area contributed by atoms with Gasteiger partial charge in [-0.05, 0) is 59.6 Å². The van der Waals surface area contributed by atoms with E-state index >= 15 is 0 Å². The van der Waals surface area contributed by atoms with E-state index in [4.69, 9.17) is 14.2 Å². The molecule has 30 heavy (non-hydrogen) atoms. The molecule has 0 radical (unpaired) electrons. The van der Waals surface area contributed by atoms with Gasteiger partial charge in [0.15, 0.2) is 0 Å². The number of hydrogen-bond acceptors (Lipinski definition) is 7. The lowest BCUT2D eigenvalue weighted by Gasteiger charge is -2.34. The van der Waals surface area contributed by atoms with Crippen molar-refractivity contribution in [2.75, 3.05) is 13.2 Å². The van der Waals surface area contributed by atoms with Crippen LogP contribution in [0.15, 0.2) is 30.6 Å². The van der Waals surface area contributed by atoms with Crippen LogP contribution in [0.3, 0.4) is 0 Å². The first-order valence-electron chi connectivity index (χ1n) is 10.1. The molecule has 1 amide bonds. The first kappa shape index (κ1) is 24.1. The van der Waals surface area contributed by atoms with Crippen LogP contribution in [-0.4, -0.2) is 45.7 Å². The molecule has 0 bridgehead atoms. The van der Waals surface area contributed by atoms with Gasteiger partial charge in [-0.1, -0.05) is 37.0 Å². The molecule has 0 saturated carbocycles. The third-order valence-electron chi connectivity index (χ3n) is 4.41. The number of hydrogen-bond donors (Lipinski definition) is 0. The summed E-state index contributed by atoms with van der Waals surface area (Å²) in [5, 5.41) is 10.3. The maximum atomic E-state index is 12.9. The van der Waals surface area contributed by atoms with Crippen molar-refractivity contribution in [3.05, 3.63) is 40.6 Å². The van der Waals surface area contributed by atoms with Gasteiger partial charge < -0.3 is 14.2 Å². The van der Waals surface area contributed by atoms with E-state index < -0.39 is 17.4 Å². The molecular formula is C22H33N3O4S. The molecule has 1 saturated heterocycles. The summed E-state index contributed by atoms with van der Waals surface area (Å²) in [6, 6.07) is -0.340. The Bertz CT molecular complexity index is 821. The molecular weight excluding hydrogens is 402 g/mol. The van der Waals surface area contributed by atoms with Crippen LogP contribution in [-0.2, 0) is 14.2 Å². The van der Waals surface area contributed by atoms with Crippen molar-refractivity contribution in [3.63, 3.8) is 0 Å². The highest BCUT2D eigenvalue weighted by atomic mass is 32.1. The van der Waals surface area contributed by atoms with Gasteiger partial charge in [-0.3, -0.25) is 4.90 Å². The van der Waals surface area contributed by atoms with E-state index in [1.165, 1.54) is 11.3 Å². The minimum absolute atomic E-state index is 0.340. The van der Waals surface area contributed by atoms with Crippen molar-refractivity contribution in [1.29, 1.82) is 0 Å². The highest BCUT2D eigenvalue weighted by Crippen LogP contribution is 2.39. The van der Waals surface area contributed by atoms with Crippen LogP contribution in [0.5, 0.6) is 0 Å². The van der Waals surface area contributed by atoms with Gasteiger partial charge in [0.1, 0.15) is 34.0 Å². The highest BCUT2D eigenvalue weighted by Gasteiger charge is 2.47. The smallest absolute Gasteiger partial charge is 0.413 e. The summed E-state index contributed by atoms with van der Waals surface area (Å²) in [5.74, 6) is 0.799. The van der Waals surface area contributed by atoms with Gasteiger partial charge in [0.2, 0.25) is 0 Å². The summed E-state index contributed by atoms with van der Waals surface area (Å²) in [4.78, 5) is 14.5. The van der Waals surface area contributed by atoms with Crippen LogP contribution < -0.4 is 0 Å². The van der Waals surface area contributed by atoms with Crippen molar-refractivity contribution >= 4 is 23.0 Å². The van der Waals surface area contributed by atoms with E-state index in [9.17, 15) is 4.79 Å². The van der Waals surface area contributed by atoms with Gasteiger partial charge in [-0.15, -0.1) is 10.2 Å². The number of allylic oxidation sites excluding steroid dienone is 4. The zero-order valence-corrected chi connectivity index (χ0v) is 19.8. The lowest BCUT2D eigenvalue weighted by Crippen LogP contribution is -2.47. The molecule has 0 spiro atoms. The lowest BCUT2D eigenvalue weighted by molar-refractivity contribution is -0.0626. The molecule has 1 aromatic heterocycles. The van der Waals surface area contributed by atoms with Crippen LogP contribution in [0.4, 0.5) is 4.79 Å². The Balaban J connectivity index is 2.26. The molecule has 8 heteroatoms. The van der Waals surface area contributed by atoms with E-state index in [0.29, 0.717) is 13.2 Å². The van der Waals surface area contributed by atoms with E-state index in [-0.39, 0.29) is 6.04 Å². The van der Waals surface area contributed by atoms with Crippen molar-refractivity contribution < 1.29 is 19.0 Å². The molecule has 2 rings (SSSR count). The molecule has 2 heterocycles. The zero-order chi connectivity index (χ0) is 22.5. The number of ether oxygens (including phenoxy) is 3. The van der Waals surface area contributed by atoms with Crippen LogP contribution >= 0.6 is 11.3 Å². The average Bonchev–Trinajstić information content (AvgIpc) is 3.23. The molecule has 0 aliphatic carbocycles. The average molecular weight is 436 g/mol. The van der Waals surface area contributed by atoms with Gasteiger partial charge in [0.25, 0.3) is 0 Å². The minimum atomic E-state index is -0.787. The maximum absolute atomic E-state index is 12.9. The zero-order valence-electron chi connectivity index (χ0n) is 19.0. The van der Waals surface area contributed by atoms with Gasteiger partial charge >= 0.3 is 6.09 Å². The fourth-order valence-corrected chi connectivity index (χ4v) is 3.95. The van der Waals surface area contributed by atoms with E-state index in [0.717, 1.165) is 27.8 Å². The van der Waals surface area contributed by atoms with Crippen molar-refractivity contribution in [3.8, 4) is 0 Å². The van der Waals surface area contributed by atoms with Gasteiger partial charge in [0.05, 0.1) is 12.4 Å². The summed E-state index contributed by atoms with van der Waals surface area (Å²) < 4.78 is 17.0. The normalized spacial score (nSPS) is 19.7. The number of carbonyl (C=O) groups excluding carboxylic acids is 1. The van der Waals surface area contributed by atoms with Crippen LogP contribution in [0.1, 0.15) is 70.9 Å². The van der Waals surface area contributed by atoms with Crippen molar-refractivity contribution in [2.24, 2.45) is 0 Å². The standard InChI is InChI=1S/C22H33N3O4S/c1-9-13-27-15(3)11-12-16(10-2)18-23-24-19(30-18)17-14-28-22(7,8)25(17)20(26)29-21(4,5)6/h9,11-12,17H,1,10,13-14H2,2-8H3/b15-11+,16-12+. The highest BCUT2D eigenvalue weighted by molar-refractivity contribution is 7.12. The Morgan fingerprint density at radius 2 is 2.07 bits per heavy atom. The summed E-state index contributed by atoms with van der Waals surface area (Å²) in [7, 11) is 0. The van der Waals surface area contributed by atoms with Crippen molar-refractivity contribution in [2.45, 2.75) is 72.3 Å². The number of carbonyl (C=O) groups is 1. The quantitative estimate of drug-likeness (QED) is 0.321. The van der Waals surface area contributed by atoms with Crippen LogP contribution in [0.25, 0.3) is 5.57 Å². The summed E-state index contributed by atoms with van der Waals surface area (Å²) in [6.07, 6.45) is 5.99. The van der Waals surface area contributed by atoms with Gasteiger partial charge in [-0.25, -0.2) is 4.79 Å². The Labute approximate surface area is 183 Å². The van der Waals surface area contributed by atoms with Crippen LogP contribution in [0.2, 0.25) is 0 Å². The Morgan fingerprint density at radius 1 is 1.37 bits per heavy atom. The SMILES string of the molecule is C=CCO/C(C)=C/C=C(\CC)c1nnc(C2COC(C)(C)N2C(=O)OC(C)(C)C)s1. The van der Waals surface area contributed by atoms with E-state index in [1.54, 1.807) is 11.0 Å². The Morgan fingerprint density at radius 3 is 2.67 bits per heavy atom. The monoisotopic (exact) mass is 435 g/mol. The van der Waals surface area contributed by atoms with Crippen molar-refractivity contribution in [1.82, 2.24) is 15.1 Å². The predicted octanol–water partition coefficient (Wildman–Crippen LogP) is 5.48. The van der Waals surface area contributed by atoms with Gasteiger partial charge in [-0.2, -0.15) is 0 Å². The molecule has 166 valence electrons. The first-order chi connectivity index (χ1) is 14.0. The second kappa shape index (κ2) is 9.75. The maximum Gasteiger partial charge on any atom is 0.413 e.